The van der Waals surface area contributed by atoms with Crippen molar-refractivity contribution in [2.45, 2.75) is 38.0 Å². The number of nitriles is 1. The Labute approximate surface area is 132 Å². The lowest BCUT2D eigenvalue weighted by atomic mass is 10.3. The molecule has 0 aromatic carbocycles. The van der Waals surface area contributed by atoms with Crippen molar-refractivity contribution in [3.05, 3.63) is 28.9 Å². The molecule has 22 heavy (non-hydrogen) atoms. The molecule has 2 heterocycles. The minimum atomic E-state index is -0.446. The first-order valence-electron chi connectivity index (χ1n) is 6.57. The van der Waals surface area contributed by atoms with Crippen molar-refractivity contribution >= 4 is 23.5 Å². The number of rotatable bonds is 4. The average molecular weight is 317 g/mol. The number of carbonyl (C=O) groups is 1. The van der Waals surface area contributed by atoms with Crippen LogP contribution in [0.1, 0.15) is 29.8 Å². The Morgan fingerprint density at radius 2 is 2.14 bits per heavy atom. The Morgan fingerprint density at radius 3 is 2.73 bits per heavy atom. The third-order valence-corrected chi connectivity index (χ3v) is 3.90. The fourth-order valence-corrected chi connectivity index (χ4v) is 2.77. The zero-order valence-corrected chi connectivity index (χ0v) is 13.5. The summed E-state index contributed by atoms with van der Waals surface area (Å²) in [5, 5.41) is 15.6. The first-order chi connectivity index (χ1) is 10.4. The number of amides is 1. The van der Waals surface area contributed by atoms with Crippen LogP contribution in [0.2, 0.25) is 0 Å². The highest BCUT2D eigenvalue weighted by molar-refractivity contribution is 8.00. The van der Waals surface area contributed by atoms with Gasteiger partial charge in [0.05, 0.1) is 10.9 Å². The number of thioether (sulfide) groups is 1. The third kappa shape index (κ3) is 3.62. The van der Waals surface area contributed by atoms with Gasteiger partial charge >= 0.3 is 0 Å². The highest BCUT2D eigenvalue weighted by Gasteiger charge is 2.20. The monoisotopic (exact) mass is 317 g/mol. The second-order valence-electron chi connectivity index (χ2n) is 4.72. The second-order valence-corrected chi connectivity index (χ2v) is 6.05. The Balaban J connectivity index is 2.13. The predicted octanol–water partition coefficient (Wildman–Crippen LogP) is 2.38. The van der Waals surface area contributed by atoms with E-state index in [1.807, 2.05) is 0 Å². The van der Waals surface area contributed by atoms with Crippen LogP contribution < -0.4 is 5.32 Å². The maximum absolute atomic E-state index is 12.2. The zero-order valence-electron chi connectivity index (χ0n) is 12.7. The molecule has 0 saturated carbocycles. The molecule has 0 aliphatic heterocycles. The van der Waals surface area contributed by atoms with Crippen LogP contribution in [0.4, 0.5) is 5.82 Å². The molecule has 2 aromatic rings. The smallest absolute Gasteiger partial charge is 0.238 e. The lowest BCUT2D eigenvalue weighted by molar-refractivity contribution is -0.115. The normalized spacial score (nSPS) is 11.8. The van der Waals surface area contributed by atoms with E-state index < -0.39 is 5.25 Å². The van der Waals surface area contributed by atoms with E-state index in [0.29, 0.717) is 33.7 Å². The fraction of sp³-hybridized carbons (Fsp3) is 0.357. The lowest BCUT2D eigenvalue weighted by Gasteiger charge is -2.12. The summed E-state index contributed by atoms with van der Waals surface area (Å²) < 4.78 is 4.90. The summed E-state index contributed by atoms with van der Waals surface area (Å²) >= 11 is 1.21. The number of anilines is 1. The van der Waals surface area contributed by atoms with Gasteiger partial charge in [-0.25, -0.2) is 9.97 Å². The van der Waals surface area contributed by atoms with E-state index in [2.05, 4.69) is 26.5 Å². The van der Waals surface area contributed by atoms with E-state index in [4.69, 9.17) is 4.52 Å². The van der Waals surface area contributed by atoms with Crippen molar-refractivity contribution in [2.24, 2.45) is 0 Å². The first-order valence-corrected chi connectivity index (χ1v) is 7.45. The van der Waals surface area contributed by atoms with E-state index in [9.17, 15) is 10.1 Å². The molecule has 2 aromatic heterocycles. The number of aryl methyl sites for hydroxylation is 3. The molecule has 0 fully saturated rings. The molecular weight excluding hydrogens is 302 g/mol. The summed E-state index contributed by atoms with van der Waals surface area (Å²) in [6.45, 7) is 6.98. The summed E-state index contributed by atoms with van der Waals surface area (Å²) in [6.07, 6.45) is 0. The van der Waals surface area contributed by atoms with Gasteiger partial charge in [-0.1, -0.05) is 16.9 Å². The standard InChI is InChI=1S/C14H15N5O2S/c1-7-5-12(19-21-7)18-13(20)9(3)22-14-11(6-15)8(2)16-10(4)17-14/h5,9H,1-4H3,(H,18,19,20)/t9-/m1/s1. The van der Waals surface area contributed by atoms with Gasteiger partial charge in [0.2, 0.25) is 5.91 Å². The maximum Gasteiger partial charge on any atom is 0.238 e. The lowest BCUT2D eigenvalue weighted by Crippen LogP contribution is -2.23. The topological polar surface area (TPSA) is 105 Å². The second kappa shape index (κ2) is 6.58. The number of nitrogens with one attached hydrogen (secondary N) is 1. The molecule has 0 radical (unpaired) electrons. The molecule has 8 heteroatoms. The number of nitrogens with zero attached hydrogens (tertiary/aromatic N) is 4. The Hall–Kier alpha value is -2.40. The van der Waals surface area contributed by atoms with Crippen LogP contribution in [-0.2, 0) is 4.79 Å². The molecule has 0 aliphatic rings. The van der Waals surface area contributed by atoms with Crippen molar-refractivity contribution in [1.82, 2.24) is 15.1 Å². The van der Waals surface area contributed by atoms with Crippen molar-refractivity contribution < 1.29 is 9.32 Å². The molecule has 0 bridgehead atoms. The minimum Gasteiger partial charge on any atom is -0.360 e. The minimum absolute atomic E-state index is 0.240. The molecule has 0 saturated heterocycles. The molecular formula is C14H15N5O2S. The zero-order chi connectivity index (χ0) is 16.3. The third-order valence-electron chi connectivity index (χ3n) is 2.82. The molecule has 1 atom stereocenters. The van der Waals surface area contributed by atoms with E-state index in [1.165, 1.54) is 11.8 Å². The Bertz CT molecular complexity index is 750. The predicted molar refractivity (Wildman–Crippen MR) is 81.4 cm³/mol. The van der Waals surface area contributed by atoms with Gasteiger partial charge in [0.25, 0.3) is 0 Å². The van der Waals surface area contributed by atoms with Crippen molar-refractivity contribution in [2.75, 3.05) is 5.32 Å². The van der Waals surface area contributed by atoms with Gasteiger partial charge < -0.3 is 9.84 Å². The maximum atomic E-state index is 12.2. The van der Waals surface area contributed by atoms with Crippen LogP contribution in [0, 0.1) is 32.1 Å². The first kappa shape index (κ1) is 16.0. The van der Waals surface area contributed by atoms with Crippen LogP contribution in [0.25, 0.3) is 0 Å². The largest absolute Gasteiger partial charge is 0.360 e. The SMILES string of the molecule is Cc1nc(C)c(C#N)c(S[C@H](C)C(=O)Nc2cc(C)on2)n1. The van der Waals surface area contributed by atoms with Gasteiger partial charge in [-0.2, -0.15) is 5.26 Å². The molecule has 0 aliphatic carbocycles. The van der Waals surface area contributed by atoms with Gasteiger partial charge in [0, 0.05) is 6.07 Å². The molecule has 1 amide bonds. The summed E-state index contributed by atoms with van der Waals surface area (Å²) in [4.78, 5) is 20.6. The molecule has 7 nitrogen and oxygen atoms in total. The average Bonchev–Trinajstić information content (AvgIpc) is 2.83. The van der Waals surface area contributed by atoms with Crippen LogP contribution >= 0.6 is 11.8 Å². The fourth-order valence-electron chi connectivity index (χ4n) is 1.77. The number of aromatic nitrogens is 3. The van der Waals surface area contributed by atoms with Gasteiger partial charge in [-0.3, -0.25) is 4.79 Å². The van der Waals surface area contributed by atoms with E-state index in [-0.39, 0.29) is 5.91 Å². The highest BCUT2D eigenvalue weighted by Crippen LogP contribution is 2.26. The van der Waals surface area contributed by atoms with Gasteiger partial charge in [0.1, 0.15) is 28.2 Å². The van der Waals surface area contributed by atoms with Crippen LogP contribution in [0.5, 0.6) is 0 Å². The van der Waals surface area contributed by atoms with Gasteiger partial charge in [0.15, 0.2) is 5.82 Å². The van der Waals surface area contributed by atoms with E-state index in [0.717, 1.165) is 0 Å². The van der Waals surface area contributed by atoms with Crippen LogP contribution in [-0.4, -0.2) is 26.3 Å². The van der Waals surface area contributed by atoms with E-state index >= 15 is 0 Å². The van der Waals surface area contributed by atoms with Gasteiger partial charge in [-0.05, 0) is 27.7 Å². The summed E-state index contributed by atoms with van der Waals surface area (Å²) in [7, 11) is 0. The van der Waals surface area contributed by atoms with Crippen molar-refractivity contribution in [3.63, 3.8) is 0 Å². The Kier molecular flexibility index (Phi) is 4.78. The van der Waals surface area contributed by atoms with Gasteiger partial charge in [-0.15, -0.1) is 0 Å². The number of hydrogen-bond acceptors (Lipinski definition) is 7. The molecule has 0 spiro atoms. The van der Waals surface area contributed by atoms with Crippen LogP contribution in [0.15, 0.2) is 15.6 Å². The quantitative estimate of drug-likeness (QED) is 0.681. The highest BCUT2D eigenvalue weighted by atomic mass is 32.2. The molecule has 2 rings (SSSR count). The van der Waals surface area contributed by atoms with E-state index in [1.54, 1.807) is 33.8 Å². The molecule has 0 unspecified atom stereocenters. The number of hydrogen-bond donors (Lipinski definition) is 1. The summed E-state index contributed by atoms with van der Waals surface area (Å²) in [5.74, 6) is 1.31. The van der Waals surface area contributed by atoms with Crippen molar-refractivity contribution in [1.29, 1.82) is 5.26 Å². The Morgan fingerprint density at radius 1 is 1.41 bits per heavy atom. The molecule has 114 valence electrons. The summed E-state index contributed by atoms with van der Waals surface area (Å²) in [6, 6.07) is 3.72. The number of carbonyl (C=O) groups excluding carboxylic acids is 1. The summed E-state index contributed by atoms with van der Waals surface area (Å²) in [5.41, 5.74) is 1.00. The molecule has 1 N–H and O–H groups in total. The van der Waals surface area contributed by atoms with Crippen LogP contribution in [0.3, 0.4) is 0 Å². The van der Waals surface area contributed by atoms with Crippen molar-refractivity contribution in [3.8, 4) is 6.07 Å².